The van der Waals surface area contributed by atoms with Crippen molar-refractivity contribution >= 4 is 39.3 Å². The third-order valence-electron chi connectivity index (χ3n) is 7.87. The van der Waals surface area contributed by atoms with E-state index >= 15 is 0 Å². The van der Waals surface area contributed by atoms with Crippen LogP contribution in [0.5, 0.6) is 0 Å². The SMILES string of the molecule is C[C@H]1CC[C@H](c2ccc3nn(C4CCN(C)CC4)cc3c2)N(C(=O)C(=O)Nc2cncc3cn[nH]c23)C1. The zero-order chi connectivity index (χ0) is 25.5. The molecule has 0 bridgehead atoms. The van der Waals surface area contributed by atoms with Crippen LogP contribution in [0.15, 0.2) is 43.0 Å². The van der Waals surface area contributed by atoms with Crippen LogP contribution in [0.1, 0.15) is 50.3 Å². The number of fused-ring (bicyclic) bond motifs is 2. The molecule has 0 saturated carbocycles. The number of carbonyl (C=O) groups is 2. The minimum absolute atomic E-state index is 0.161. The molecule has 2 aliphatic rings. The molecule has 0 aliphatic carbocycles. The van der Waals surface area contributed by atoms with Gasteiger partial charge in [-0.15, -0.1) is 0 Å². The number of aromatic amines is 1. The van der Waals surface area contributed by atoms with Crippen LogP contribution >= 0.6 is 0 Å². The number of rotatable bonds is 3. The highest BCUT2D eigenvalue weighted by Crippen LogP contribution is 2.35. The molecule has 192 valence electrons. The third-order valence-corrected chi connectivity index (χ3v) is 7.87. The molecular formula is C27H32N8O2. The number of carbonyl (C=O) groups excluding carboxylic acids is 2. The maximum Gasteiger partial charge on any atom is 0.314 e. The minimum atomic E-state index is -0.667. The second-order valence-corrected chi connectivity index (χ2v) is 10.6. The summed E-state index contributed by atoms with van der Waals surface area (Å²) in [5, 5.41) is 16.3. The van der Waals surface area contributed by atoms with Crippen LogP contribution in [0.25, 0.3) is 21.8 Å². The quantitative estimate of drug-likeness (QED) is 0.417. The van der Waals surface area contributed by atoms with E-state index in [1.165, 1.54) is 6.20 Å². The lowest BCUT2D eigenvalue weighted by atomic mass is 9.89. The molecule has 37 heavy (non-hydrogen) atoms. The standard InChI is InChI=1S/C27H32N8O2/c1-17-3-6-24(18-4-5-22-19(11-18)16-35(32-22)21-7-9-33(2)10-8-21)34(15-17)27(37)26(36)30-23-14-28-12-20-13-29-31-25(20)23/h4-5,11-14,16-17,21,24H,3,6-10,15H2,1-2H3,(H,29,31)(H,30,36)/t17-,24+/m0/s1. The van der Waals surface area contributed by atoms with Gasteiger partial charge in [0.1, 0.15) is 0 Å². The number of aromatic nitrogens is 5. The van der Waals surface area contributed by atoms with Crippen LogP contribution in [0.3, 0.4) is 0 Å². The van der Waals surface area contributed by atoms with Crippen LogP contribution in [0.4, 0.5) is 5.69 Å². The number of hydrogen-bond acceptors (Lipinski definition) is 6. The Bertz CT molecular complexity index is 1450. The highest BCUT2D eigenvalue weighted by atomic mass is 16.2. The third kappa shape index (κ3) is 4.57. The van der Waals surface area contributed by atoms with Crippen molar-refractivity contribution in [3.8, 4) is 0 Å². The van der Waals surface area contributed by atoms with Crippen LogP contribution in [0, 0.1) is 5.92 Å². The van der Waals surface area contributed by atoms with E-state index in [4.69, 9.17) is 5.10 Å². The summed E-state index contributed by atoms with van der Waals surface area (Å²) in [4.78, 5) is 34.8. The summed E-state index contributed by atoms with van der Waals surface area (Å²) in [6.07, 6.45) is 11.0. The Morgan fingerprint density at radius 2 is 1.89 bits per heavy atom. The van der Waals surface area contributed by atoms with E-state index in [0.29, 0.717) is 29.7 Å². The first-order valence-electron chi connectivity index (χ1n) is 13.0. The van der Waals surface area contributed by atoms with E-state index in [0.717, 1.165) is 60.6 Å². The van der Waals surface area contributed by atoms with Crippen LogP contribution < -0.4 is 5.32 Å². The molecule has 4 aromatic rings. The molecule has 2 N–H and O–H groups in total. The molecule has 10 heteroatoms. The van der Waals surface area contributed by atoms with Gasteiger partial charge in [-0.3, -0.25) is 24.4 Å². The van der Waals surface area contributed by atoms with Gasteiger partial charge in [0.25, 0.3) is 0 Å². The summed E-state index contributed by atoms with van der Waals surface area (Å²) < 4.78 is 2.12. The second-order valence-electron chi connectivity index (χ2n) is 10.6. The highest BCUT2D eigenvalue weighted by molar-refractivity contribution is 6.40. The van der Waals surface area contributed by atoms with Gasteiger partial charge in [-0.1, -0.05) is 13.0 Å². The first-order chi connectivity index (χ1) is 18.0. The summed E-state index contributed by atoms with van der Waals surface area (Å²) in [6, 6.07) is 6.50. The zero-order valence-electron chi connectivity index (χ0n) is 21.2. The Morgan fingerprint density at radius 1 is 1.05 bits per heavy atom. The molecule has 2 fully saturated rings. The smallest absolute Gasteiger partial charge is 0.314 e. The molecule has 5 heterocycles. The molecule has 3 aromatic heterocycles. The normalized spacial score (nSPS) is 21.5. The minimum Gasteiger partial charge on any atom is -0.327 e. The molecule has 2 aliphatic heterocycles. The van der Waals surface area contributed by atoms with Gasteiger partial charge in [-0.25, -0.2) is 0 Å². The van der Waals surface area contributed by atoms with Gasteiger partial charge in [0.05, 0.1) is 41.2 Å². The lowest BCUT2D eigenvalue weighted by molar-refractivity contribution is -0.146. The second kappa shape index (κ2) is 9.59. The van der Waals surface area contributed by atoms with E-state index in [2.05, 4.69) is 62.4 Å². The fourth-order valence-corrected chi connectivity index (χ4v) is 5.71. The number of piperidine rings is 2. The van der Waals surface area contributed by atoms with Gasteiger partial charge in [0.15, 0.2) is 0 Å². The van der Waals surface area contributed by atoms with Gasteiger partial charge in [0, 0.05) is 29.7 Å². The first kappa shape index (κ1) is 23.6. The molecule has 0 spiro atoms. The number of nitrogens with one attached hydrogen (secondary N) is 2. The topological polar surface area (TPSA) is 112 Å². The molecule has 6 rings (SSSR count). The van der Waals surface area contributed by atoms with Crippen molar-refractivity contribution in [2.24, 2.45) is 5.92 Å². The first-order valence-corrected chi connectivity index (χ1v) is 13.0. The Balaban J connectivity index is 1.24. The van der Waals surface area contributed by atoms with Gasteiger partial charge in [0.2, 0.25) is 0 Å². The van der Waals surface area contributed by atoms with E-state index in [9.17, 15) is 9.59 Å². The van der Waals surface area contributed by atoms with E-state index in [1.807, 2.05) is 6.07 Å². The number of anilines is 1. The average molecular weight is 501 g/mol. The molecule has 2 atom stereocenters. The van der Waals surface area contributed by atoms with Crippen molar-refractivity contribution in [3.05, 3.63) is 48.5 Å². The van der Waals surface area contributed by atoms with Crippen LogP contribution in [0.2, 0.25) is 0 Å². The van der Waals surface area contributed by atoms with Gasteiger partial charge >= 0.3 is 11.8 Å². The molecule has 0 unspecified atom stereocenters. The lowest BCUT2D eigenvalue weighted by Crippen LogP contribution is -2.46. The number of nitrogens with zero attached hydrogens (tertiary/aromatic N) is 6. The Hall–Kier alpha value is -3.79. The monoisotopic (exact) mass is 500 g/mol. The zero-order valence-corrected chi connectivity index (χ0v) is 21.2. The predicted octanol–water partition coefficient (Wildman–Crippen LogP) is 3.51. The van der Waals surface area contributed by atoms with Crippen molar-refractivity contribution in [1.82, 2.24) is 34.8 Å². The number of pyridine rings is 1. The number of hydrogen-bond donors (Lipinski definition) is 2. The molecule has 2 saturated heterocycles. The highest BCUT2D eigenvalue weighted by Gasteiger charge is 2.34. The van der Waals surface area contributed by atoms with Gasteiger partial charge in [-0.2, -0.15) is 10.2 Å². The number of H-pyrrole nitrogens is 1. The fourth-order valence-electron chi connectivity index (χ4n) is 5.71. The van der Waals surface area contributed by atoms with Crippen molar-refractivity contribution in [3.63, 3.8) is 0 Å². The van der Waals surface area contributed by atoms with Crippen molar-refractivity contribution in [2.75, 3.05) is 32.0 Å². The molecule has 0 radical (unpaired) electrons. The van der Waals surface area contributed by atoms with Gasteiger partial charge < -0.3 is 15.1 Å². The predicted molar refractivity (Wildman–Crippen MR) is 141 cm³/mol. The maximum absolute atomic E-state index is 13.5. The number of amides is 2. The summed E-state index contributed by atoms with van der Waals surface area (Å²) >= 11 is 0. The summed E-state index contributed by atoms with van der Waals surface area (Å²) in [5.74, 6) is -0.879. The van der Waals surface area contributed by atoms with E-state index in [1.54, 1.807) is 17.3 Å². The number of likely N-dealkylation sites (tertiary alicyclic amines) is 2. The van der Waals surface area contributed by atoms with Crippen LogP contribution in [-0.2, 0) is 9.59 Å². The van der Waals surface area contributed by atoms with Crippen LogP contribution in [-0.4, -0.2) is 73.3 Å². The molecule has 2 amide bonds. The van der Waals surface area contributed by atoms with Crippen molar-refractivity contribution in [2.45, 2.75) is 44.7 Å². The molecule has 10 nitrogen and oxygen atoms in total. The molecule has 1 aromatic carbocycles. The fraction of sp³-hybridized carbons (Fsp3) is 0.444. The Kier molecular flexibility index (Phi) is 6.11. The largest absolute Gasteiger partial charge is 0.327 e. The number of benzene rings is 1. The summed E-state index contributed by atoms with van der Waals surface area (Å²) in [5.41, 5.74) is 3.09. The van der Waals surface area contributed by atoms with E-state index in [-0.39, 0.29) is 6.04 Å². The average Bonchev–Trinajstić information content (AvgIpc) is 3.56. The molecular weight excluding hydrogens is 468 g/mol. The van der Waals surface area contributed by atoms with Crippen molar-refractivity contribution < 1.29 is 9.59 Å². The maximum atomic E-state index is 13.5. The van der Waals surface area contributed by atoms with E-state index < -0.39 is 11.8 Å². The summed E-state index contributed by atoms with van der Waals surface area (Å²) in [7, 11) is 2.16. The lowest BCUT2D eigenvalue weighted by Gasteiger charge is -2.38. The van der Waals surface area contributed by atoms with Crippen molar-refractivity contribution in [1.29, 1.82) is 0 Å². The summed E-state index contributed by atoms with van der Waals surface area (Å²) in [6.45, 7) is 4.82. The van der Waals surface area contributed by atoms with Gasteiger partial charge in [-0.05, 0) is 69.4 Å². The Labute approximate surface area is 215 Å². The Morgan fingerprint density at radius 3 is 2.73 bits per heavy atom.